The van der Waals surface area contributed by atoms with Crippen molar-refractivity contribution in [3.8, 4) is 0 Å². The normalized spacial score (nSPS) is 16.4. The van der Waals surface area contributed by atoms with Gasteiger partial charge in [-0.15, -0.1) is 0 Å². The van der Waals surface area contributed by atoms with Crippen molar-refractivity contribution in [2.24, 2.45) is 0 Å². The second kappa shape index (κ2) is 7.84. The third kappa shape index (κ3) is 3.83. The Labute approximate surface area is 156 Å². The zero-order valence-electron chi connectivity index (χ0n) is 15.1. The van der Waals surface area contributed by atoms with Crippen molar-refractivity contribution in [3.05, 3.63) is 59.0 Å². The fourth-order valence-electron chi connectivity index (χ4n) is 3.69. The lowest BCUT2D eigenvalue weighted by molar-refractivity contribution is -0.122. The molecular weight excluding hydrogens is 346 g/mol. The molecule has 0 spiro atoms. The van der Waals surface area contributed by atoms with E-state index in [9.17, 15) is 9.59 Å². The van der Waals surface area contributed by atoms with E-state index in [1.165, 1.54) is 11.0 Å². The molecule has 3 heterocycles. The molecule has 0 radical (unpaired) electrons. The number of amides is 1. The second-order valence-corrected chi connectivity index (χ2v) is 6.85. The summed E-state index contributed by atoms with van der Waals surface area (Å²) in [7, 11) is 0. The minimum Gasteiger partial charge on any atom is -0.468 e. The first-order chi connectivity index (χ1) is 13.2. The largest absolute Gasteiger partial charge is 0.468 e. The summed E-state index contributed by atoms with van der Waals surface area (Å²) in [6, 6.07) is 10.9. The Balaban J connectivity index is 1.45. The minimum absolute atomic E-state index is 0.00191. The van der Waals surface area contributed by atoms with Crippen molar-refractivity contribution in [1.29, 1.82) is 0 Å². The number of hydrogen-bond acceptors (Lipinski definition) is 5. The van der Waals surface area contributed by atoms with E-state index < -0.39 is 5.76 Å². The van der Waals surface area contributed by atoms with Crippen LogP contribution in [0.1, 0.15) is 31.1 Å². The zero-order valence-corrected chi connectivity index (χ0v) is 15.1. The number of fused-ring (bicyclic) bond motifs is 1. The molecule has 27 heavy (non-hydrogen) atoms. The molecule has 4 rings (SSSR count). The van der Waals surface area contributed by atoms with Gasteiger partial charge in [0.1, 0.15) is 12.3 Å². The average Bonchev–Trinajstić information content (AvgIpc) is 3.32. The van der Waals surface area contributed by atoms with Gasteiger partial charge in [0.2, 0.25) is 5.91 Å². The monoisotopic (exact) mass is 369 g/mol. The Hall–Kier alpha value is -2.80. The first-order valence-corrected chi connectivity index (χ1v) is 9.35. The first kappa shape index (κ1) is 17.6. The number of hydrogen-bond donors (Lipinski definition) is 1. The average molecular weight is 369 g/mol. The fraction of sp³-hybridized carbons (Fsp3) is 0.400. The van der Waals surface area contributed by atoms with Crippen LogP contribution in [0.3, 0.4) is 0 Å². The van der Waals surface area contributed by atoms with Crippen LogP contribution < -0.4 is 11.1 Å². The van der Waals surface area contributed by atoms with Crippen LogP contribution in [0.15, 0.2) is 56.3 Å². The Morgan fingerprint density at radius 1 is 1.11 bits per heavy atom. The topological polar surface area (TPSA) is 80.6 Å². The lowest BCUT2D eigenvalue weighted by Gasteiger charge is -2.33. The quantitative estimate of drug-likeness (QED) is 0.722. The summed E-state index contributed by atoms with van der Waals surface area (Å²) in [6.45, 7) is 2.36. The minimum atomic E-state index is -0.523. The number of aromatic nitrogens is 1. The molecule has 1 N–H and O–H groups in total. The van der Waals surface area contributed by atoms with Crippen LogP contribution in [0.5, 0.6) is 0 Å². The molecule has 1 amide bonds. The summed E-state index contributed by atoms with van der Waals surface area (Å²) in [5.41, 5.74) is 1.10. The van der Waals surface area contributed by atoms with E-state index in [-0.39, 0.29) is 18.5 Å². The number of carbonyl (C=O) groups is 1. The van der Waals surface area contributed by atoms with Gasteiger partial charge in [-0.05, 0) is 50.2 Å². The van der Waals surface area contributed by atoms with Crippen LogP contribution in [0.4, 0.5) is 0 Å². The molecule has 1 saturated heterocycles. The summed E-state index contributed by atoms with van der Waals surface area (Å²) in [5, 5.41) is 2.96. The summed E-state index contributed by atoms with van der Waals surface area (Å²) in [4.78, 5) is 26.9. The summed E-state index contributed by atoms with van der Waals surface area (Å²) >= 11 is 0. The maximum atomic E-state index is 12.5. The molecule has 7 nitrogen and oxygen atoms in total. The second-order valence-electron chi connectivity index (χ2n) is 6.85. The van der Waals surface area contributed by atoms with Gasteiger partial charge < -0.3 is 14.2 Å². The van der Waals surface area contributed by atoms with Gasteiger partial charge in [-0.25, -0.2) is 4.79 Å². The molecule has 0 bridgehead atoms. The number of para-hydroxylation sites is 2. The molecule has 1 fully saturated rings. The Morgan fingerprint density at radius 3 is 2.70 bits per heavy atom. The Kier molecular flexibility index (Phi) is 5.11. The molecule has 1 atom stereocenters. The van der Waals surface area contributed by atoms with E-state index in [4.69, 9.17) is 8.83 Å². The number of rotatable bonds is 6. The molecule has 3 aromatic rings. The van der Waals surface area contributed by atoms with Gasteiger partial charge in [-0.2, -0.15) is 0 Å². The van der Waals surface area contributed by atoms with Gasteiger partial charge in [0, 0.05) is 6.54 Å². The molecule has 0 unspecified atom stereocenters. The maximum Gasteiger partial charge on any atom is 0.420 e. The van der Waals surface area contributed by atoms with Gasteiger partial charge in [-0.3, -0.25) is 14.3 Å². The van der Waals surface area contributed by atoms with Crippen molar-refractivity contribution in [2.45, 2.75) is 31.8 Å². The lowest BCUT2D eigenvalue weighted by Crippen LogP contribution is -2.41. The smallest absolute Gasteiger partial charge is 0.420 e. The number of likely N-dealkylation sites (tertiary alicyclic amines) is 1. The summed E-state index contributed by atoms with van der Waals surface area (Å²) in [5.74, 6) is 0.102. The van der Waals surface area contributed by atoms with E-state index in [2.05, 4.69) is 10.2 Å². The van der Waals surface area contributed by atoms with Crippen molar-refractivity contribution in [2.75, 3.05) is 19.6 Å². The molecule has 142 valence electrons. The number of carbonyl (C=O) groups excluding carboxylic acids is 1. The number of piperidine rings is 1. The van der Waals surface area contributed by atoms with Gasteiger partial charge in [0.05, 0.1) is 17.8 Å². The number of benzene rings is 1. The molecule has 2 aromatic heterocycles. The molecule has 1 aliphatic heterocycles. The molecule has 1 aromatic carbocycles. The predicted molar refractivity (Wildman–Crippen MR) is 100 cm³/mol. The van der Waals surface area contributed by atoms with E-state index >= 15 is 0 Å². The Morgan fingerprint density at radius 2 is 1.93 bits per heavy atom. The highest BCUT2D eigenvalue weighted by molar-refractivity contribution is 5.79. The molecule has 0 aliphatic carbocycles. The van der Waals surface area contributed by atoms with Crippen LogP contribution in [0.2, 0.25) is 0 Å². The van der Waals surface area contributed by atoms with Crippen LogP contribution >= 0.6 is 0 Å². The molecular formula is C20H23N3O4. The highest BCUT2D eigenvalue weighted by Gasteiger charge is 2.25. The van der Waals surface area contributed by atoms with Gasteiger partial charge in [0.15, 0.2) is 5.58 Å². The van der Waals surface area contributed by atoms with Crippen LogP contribution in [-0.2, 0) is 11.3 Å². The highest BCUT2D eigenvalue weighted by Crippen LogP contribution is 2.24. The van der Waals surface area contributed by atoms with E-state index in [1.807, 2.05) is 18.2 Å². The van der Waals surface area contributed by atoms with E-state index in [0.29, 0.717) is 17.6 Å². The standard InChI is InChI=1S/C20H23N3O4/c24-19(14-23-15-7-2-3-8-18(15)27-20(23)25)21-13-16(17-9-6-12-26-17)22-10-4-1-5-11-22/h2-3,6-9,12,16H,1,4-5,10-11,13-14H2,(H,21,24)/t16-/m1/s1. The van der Waals surface area contributed by atoms with E-state index in [1.54, 1.807) is 24.5 Å². The van der Waals surface area contributed by atoms with Crippen molar-refractivity contribution >= 4 is 17.0 Å². The number of oxazole rings is 1. The van der Waals surface area contributed by atoms with Crippen molar-refractivity contribution < 1.29 is 13.6 Å². The van der Waals surface area contributed by atoms with Crippen LogP contribution in [0, 0.1) is 0 Å². The summed E-state index contributed by atoms with van der Waals surface area (Å²) in [6.07, 6.45) is 5.21. The third-order valence-electron chi connectivity index (χ3n) is 5.07. The fourth-order valence-corrected chi connectivity index (χ4v) is 3.69. The van der Waals surface area contributed by atoms with E-state index in [0.717, 1.165) is 31.7 Å². The van der Waals surface area contributed by atoms with Crippen LogP contribution in [-0.4, -0.2) is 35.0 Å². The SMILES string of the molecule is O=C(Cn1c(=O)oc2ccccc21)NC[C@H](c1ccco1)N1CCCCC1. The van der Waals surface area contributed by atoms with Gasteiger partial charge >= 0.3 is 5.76 Å². The molecule has 7 heteroatoms. The molecule has 1 aliphatic rings. The first-order valence-electron chi connectivity index (χ1n) is 9.35. The zero-order chi connectivity index (χ0) is 18.6. The Bertz CT molecular complexity index is 951. The highest BCUT2D eigenvalue weighted by atomic mass is 16.4. The van der Waals surface area contributed by atoms with Crippen LogP contribution in [0.25, 0.3) is 11.1 Å². The number of furan rings is 1. The van der Waals surface area contributed by atoms with Gasteiger partial charge in [0.25, 0.3) is 0 Å². The predicted octanol–water partition coefficient (Wildman–Crippen LogP) is 2.53. The maximum absolute atomic E-state index is 12.5. The van der Waals surface area contributed by atoms with Crippen molar-refractivity contribution in [3.63, 3.8) is 0 Å². The van der Waals surface area contributed by atoms with Gasteiger partial charge in [-0.1, -0.05) is 18.6 Å². The van der Waals surface area contributed by atoms with Crippen molar-refractivity contribution in [1.82, 2.24) is 14.8 Å². The number of nitrogens with one attached hydrogen (secondary N) is 1. The third-order valence-corrected chi connectivity index (χ3v) is 5.07. The number of nitrogens with zero attached hydrogens (tertiary/aromatic N) is 2. The molecule has 0 saturated carbocycles. The lowest BCUT2D eigenvalue weighted by atomic mass is 10.1. The summed E-state index contributed by atoms with van der Waals surface area (Å²) < 4.78 is 12.1.